The topological polar surface area (TPSA) is 20.2 Å². The van der Waals surface area contributed by atoms with Crippen LogP contribution in [0.1, 0.15) is 23.1 Å². The van der Waals surface area contributed by atoms with Crippen LogP contribution in [0.3, 0.4) is 0 Å². The minimum atomic E-state index is -1.16. The van der Waals surface area contributed by atoms with E-state index in [0.717, 1.165) is 17.5 Å². The van der Waals surface area contributed by atoms with E-state index in [2.05, 4.69) is 0 Å². The Hall–Kier alpha value is -1.67. The maximum Gasteiger partial charge on any atom is 0.129 e. The Morgan fingerprint density at radius 2 is 1.59 bits per heavy atom. The number of aliphatic hydroxyl groups is 1. The van der Waals surface area contributed by atoms with Crippen LogP contribution in [0.25, 0.3) is 0 Å². The Bertz CT molecular complexity index is 564. The summed E-state index contributed by atoms with van der Waals surface area (Å²) in [6.45, 7) is 0. The van der Waals surface area contributed by atoms with E-state index in [1.807, 2.05) is 24.3 Å². The van der Waals surface area contributed by atoms with E-state index >= 15 is 0 Å². The molecule has 2 aromatic rings. The lowest BCUT2D eigenvalue weighted by atomic mass is 9.87. The average Bonchev–Trinajstić information content (AvgIpc) is 2.70. The maximum atomic E-state index is 13.8. The number of halogens is 1. The maximum absolute atomic E-state index is 13.8. The van der Waals surface area contributed by atoms with Gasteiger partial charge >= 0.3 is 0 Å². The molecule has 0 aromatic heterocycles. The molecule has 1 nitrogen and oxygen atoms in total. The van der Waals surface area contributed by atoms with E-state index in [4.69, 9.17) is 0 Å². The van der Waals surface area contributed by atoms with E-state index in [1.165, 1.54) is 6.07 Å². The molecule has 0 aliphatic heterocycles. The number of benzene rings is 2. The lowest BCUT2D eigenvalue weighted by Gasteiger charge is -2.25. The second-order valence-corrected chi connectivity index (χ2v) is 4.50. The zero-order valence-corrected chi connectivity index (χ0v) is 9.36. The Morgan fingerprint density at radius 3 is 2.35 bits per heavy atom. The van der Waals surface area contributed by atoms with Crippen molar-refractivity contribution >= 4 is 0 Å². The Kier molecular flexibility index (Phi) is 2.26. The highest BCUT2D eigenvalue weighted by Crippen LogP contribution is 2.42. The summed E-state index contributed by atoms with van der Waals surface area (Å²) >= 11 is 0. The monoisotopic (exact) mass is 228 g/mol. The van der Waals surface area contributed by atoms with Crippen LogP contribution in [-0.2, 0) is 12.0 Å². The van der Waals surface area contributed by atoms with Gasteiger partial charge in [0, 0.05) is 5.56 Å². The van der Waals surface area contributed by atoms with Crippen molar-refractivity contribution in [3.05, 3.63) is 71.0 Å². The zero-order chi connectivity index (χ0) is 11.9. The Morgan fingerprint density at radius 1 is 0.941 bits per heavy atom. The molecule has 0 bridgehead atoms. The third kappa shape index (κ3) is 1.48. The largest absolute Gasteiger partial charge is 0.380 e. The fourth-order valence-electron chi connectivity index (χ4n) is 2.67. The fourth-order valence-corrected chi connectivity index (χ4v) is 2.67. The van der Waals surface area contributed by atoms with E-state index in [1.54, 1.807) is 18.2 Å². The van der Waals surface area contributed by atoms with Gasteiger partial charge < -0.3 is 5.11 Å². The van der Waals surface area contributed by atoms with E-state index in [9.17, 15) is 9.50 Å². The lowest BCUT2D eigenvalue weighted by molar-refractivity contribution is 0.0789. The molecule has 0 spiro atoms. The van der Waals surface area contributed by atoms with Gasteiger partial charge in [-0.3, -0.25) is 0 Å². The molecule has 2 heteroatoms. The van der Waals surface area contributed by atoms with E-state index < -0.39 is 5.60 Å². The summed E-state index contributed by atoms with van der Waals surface area (Å²) in [5.41, 5.74) is 1.16. The third-order valence-electron chi connectivity index (χ3n) is 3.54. The number of rotatable bonds is 1. The van der Waals surface area contributed by atoms with Crippen LogP contribution >= 0.6 is 0 Å². The predicted octanol–water partition coefficient (Wildman–Crippen LogP) is 3.01. The first-order valence-electron chi connectivity index (χ1n) is 5.77. The molecular formula is C15H13FO. The molecule has 1 N–H and O–H groups in total. The lowest BCUT2D eigenvalue weighted by Crippen LogP contribution is -2.25. The van der Waals surface area contributed by atoms with E-state index in [-0.39, 0.29) is 5.82 Å². The Labute approximate surface area is 99.5 Å². The molecule has 3 rings (SSSR count). The van der Waals surface area contributed by atoms with Gasteiger partial charge in [-0.15, -0.1) is 0 Å². The second-order valence-electron chi connectivity index (χ2n) is 4.50. The van der Waals surface area contributed by atoms with Gasteiger partial charge in [0.25, 0.3) is 0 Å². The number of hydrogen-bond donors (Lipinski definition) is 1. The number of hydrogen-bond acceptors (Lipinski definition) is 1. The van der Waals surface area contributed by atoms with Crippen LogP contribution in [-0.4, -0.2) is 5.11 Å². The molecular weight excluding hydrogens is 215 g/mol. The molecule has 0 amide bonds. The molecule has 0 saturated carbocycles. The summed E-state index contributed by atoms with van der Waals surface area (Å²) in [5, 5.41) is 10.8. The standard InChI is InChI=1S/C15H13FO/c16-14-8-4-3-7-13(14)15(17)10-9-11-5-1-2-6-12(11)15/h1-8,17H,9-10H2. The fraction of sp³-hybridized carbons (Fsp3) is 0.200. The van der Waals surface area contributed by atoms with Crippen molar-refractivity contribution in [2.75, 3.05) is 0 Å². The number of fused-ring (bicyclic) bond motifs is 1. The minimum Gasteiger partial charge on any atom is -0.380 e. The highest BCUT2D eigenvalue weighted by atomic mass is 19.1. The molecule has 1 aliphatic carbocycles. The zero-order valence-electron chi connectivity index (χ0n) is 9.36. The predicted molar refractivity (Wildman–Crippen MR) is 64.2 cm³/mol. The van der Waals surface area contributed by atoms with Crippen molar-refractivity contribution in [2.45, 2.75) is 18.4 Å². The van der Waals surface area contributed by atoms with Gasteiger partial charge in [0.05, 0.1) is 0 Å². The van der Waals surface area contributed by atoms with Crippen LogP contribution in [0.15, 0.2) is 48.5 Å². The summed E-state index contributed by atoms with van der Waals surface area (Å²) in [4.78, 5) is 0. The molecule has 0 saturated heterocycles. The molecule has 1 atom stereocenters. The summed E-state index contributed by atoms with van der Waals surface area (Å²) in [7, 11) is 0. The van der Waals surface area contributed by atoms with Crippen LogP contribution in [0, 0.1) is 5.82 Å². The second kappa shape index (κ2) is 3.67. The van der Waals surface area contributed by atoms with Crippen LogP contribution in [0.4, 0.5) is 4.39 Å². The van der Waals surface area contributed by atoms with Crippen molar-refractivity contribution in [3.8, 4) is 0 Å². The van der Waals surface area contributed by atoms with Crippen LogP contribution in [0.2, 0.25) is 0 Å². The molecule has 1 unspecified atom stereocenters. The van der Waals surface area contributed by atoms with Gasteiger partial charge in [0.2, 0.25) is 0 Å². The smallest absolute Gasteiger partial charge is 0.129 e. The summed E-state index contributed by atoms with van der Waals surface area (Å²) in [5.74, 6) is -0.341. The van der Waals surface area contributed by atoms with Gasteiger partial charge in [0.1, 0.15) is 11.4 Å². The summed E-state index contributed by atoms with van der Waals surface area (Å²) in [6, 6.07) is 14.2. The molecule has 0 heterocycles. The summed E-state index contributed by atoms with van der Waals surface area (Å²) < 4.78 is 13.8. The first-order valence-corrected chi connectivity index (χ1v) is 5.77. The first-order chi connectivity index (χ1) is 8.22. The Balaban J connectivity index is 2.19. The van der Waals surface area contributed by atoms with E-state index in [0.29, 0.717) is 12.0 Å². The van der Waals surface area contributed by atoms with Gasteiger partial charge in [-0.1, -0.05) is 42.5 Å². The van der Waals surface area contributed by atoms with Gasteiger partial charge in [-0.25, -0.2) is 4.39 Å². The molecule has 86 valence electrons. The van der Waals surface area contributed by atoms with Gasteiger partial charge in [-0.2, -0.15) is 0 Å². The molecule has 17 heavy (non-hydrogen) atoms. The van der Waals surface area contributed by atoms with Crippen LogP contribution in [0.5, 0.6) is 0 Å². The normalized spacial score (nSPS) is 22.5. The molecule has 2 aromatic carbocycles. The first kappa shape index (κ1) is 10.5. The summed E-state index contributed by atoms with van der Waals surface area (Å²) in [6.07, 6.45) is 1.34. The highest BCUT2D eigenvalue weighted by molar-refractivity contribution is 5.45. The van der Waals surface area contributed by atoms with Crippen molar-refractivity contribution in [3.63, 3.8) is 0 Å². The number of aryl methyl sites for hydroxylation is 1. The van der Waals surface area contributed by atoms with Crippen LogP contribution < -0.4 is 0 Å². The molecule has 0 fully saturated rings. The highest BCUT2D eigenvalue weighted by Gasteiger charge is 2.39. The SMILES string of the molecule is OC1(c2ccccc2F)CCc2ccccc21. The molecule has 1 aliphatic rings. The minimum absolute atomic E-state index is 0.341. The van der Waals surface area contributed by atoms with Gasteiger partial charge in [-0.05, 0) is 30.0 Å². The van der Waals surface area contributed by atoms with Crippen molar-refractivity contribution in [2.24, 2.45) is 0 Å². The van der Waals surface area contributed by atoms with Gasteiger partial charge in [0.15, 0.2) is 0 Å². The third-order valence-corrected chi connectivity index (χ3v) is 3.54. The van der Waals surface area contributed by atoms with Crippen molar-refractivity contribution in [1.82, 2.24) is 0 Å². The van der Waals surface area contributed by atoms with Crippen molar-refractivity contribution in [1.29, 1.82) is 0 Å². The quantitative estimate of drug-likeness (QED) is 0.795. The average molecular weight is 228 g/mol. The van der Waals surface area contributed by atoms with Crippen molar-refractivity contribution < 1.29 is 9.50 Å². The molecule has 0 radical (unpaired) electrons.